The topological polar surface area (TPSA) is 0 Å². The first kappa shape index (κ1) is 11.5. The highest BCUT2D eigenvalue weighted by atomic mass is 14.7. The van der Waals surface area contributed by atoms with Gasteiger partial charge in [-0.3, -0.25) is 0 Å². The van der Waals surface area contributed by atoms with Crippen LogP contribution in [-0.4, -0.2) is 0 Å². The van der Waals surface area contributed by atoms with Gasteiger partial charge in [0.05, 0.1) is 0 Å². The molecule has 0 amide bonds. The molecular formula is C15H28. The van der Waals surface area contributed by atoms with Crippen LogP contribution in [-0.2, 0) is 0 Å². The maximum atomic E-state index is 2.54. The van der Waals surface area contributed by atoms with Crippen LogP contribution in [0.1, 0.15) is 66.7 Å². The molecule has 0 saturated heterocycles. The first-order valence-electron chi connectivity index (χ1n) is 6.96. The van der Waals surface area contributed by atoms with Crippen molar-refractivity contribution < 1.29 is 0 Å². The molecule has 0 heterocycles. The summed E-state index contributed by atoms with van der Waals surface area (Å²) in [6.45, 7) is 12.5. The average molecular weight is 208 g/mol. The molecule has 3 saturated carbocycles. The Morgan fingerprint density at radius 1 is 1.27 bits per heavy atom. The van der Waals surface area contributed by atoms with Gasteiger partial charge >= 0.3 is 0 Å². The molecule has 0 spiro atoms. The second-order valence-electron chi connectivity index (χ2n) is 6.83. The predicted molar refractivity (Wildman–Crippen MR) is 66.8 cm³/mol. The Morgan fingerprint density at radius 3 is 2.40 bits per heavy atom. The van der Waals surface area contributed by atoms with Gasteiger partial charge in [-0.15, -0.1) is 0 Å². The summed E-state index contributed by atoms with van der Waals surface area (Å²) in [6.07, 6.45) is 7.30. The number of rotatable bonds is 3. The lowest BCUT2D eigenvalue weighted by Gasteiger charge is -2.71. The van der Waals surface area contributed by atoms with Crippen molar-refractivity contribution in [3.63, 3.8) is 0 Å². The summed E-state index contributed by atoms with van der Waals surface area (Å²) in [5.41, 5.74) is 1.31. The summed E-state index contributed by atoms with van der Waals surface area (Å²) in [6, 6.07) is 0. The molecule has 0 aromatic heterocycles. The van der Waals surface area contributed by atoms with Crippen molar-refractivity contribution in [1.82, 2.24) is 0 Å². The van der Waals surface area contributed by atoms with Gasteiger partial charge in [-0.1, -0.05) is 47.5 Å². The summed E-state index contributed by atoms with van der Waals surface area (Å²) in [4.78, 5) is 0. The van der Waals surface area contributed by atoms with Crippen molar-refractivity contribution in [3.8, 4) is 0 Å². The fraction of sp³-hybridized carbons (Fsp3) is 1.00. The van der Waals surface area contributed by atoms with Crippen LogP contribution in [0.5, 0.6) is 0 Å². The summed E-state index contributed by atoms with van der Waals surface area (Å²) in [7, 11) is 0. The first-order valence-corrected chi connectivity index (χ1v) is 6.96. The van der Waals surface area contributed by atoms with Gasteiger partial charge < -0.3 is 0 Å². The predicted octanol–water partition coefficient (Wildman–Crippen LogP) is 4.89. The largest absolute Gasteiger partial charge is 0.0654 e. The summed E-state index contributed by atoms with van der Waals surface area (Å²) in [5.74, 6) is 2.93. The fourth-order valence-corrected chi connectivity index (χ4v) is 5.20. The highest BCUT2D eigenvalue weighted by Crippen LogP contribution is 2.73. The van der Waals surface area contributed by atoms with E-state index in [0.717, 1.165) is 17.8 Å². The minimum Gasteiger partial charge on any atom is -0.0654 e. The van der Waals surface area contributed by atoms with Crippen LogP contribution in [0.25, 0.3) is 0 Å². The number of hydrogen-bond acceptors (Lipinski definition) is 0. The van der Waals surface area contributed by atoms with Gasteiger partial charge in [-0.25, -0.2) is 0 Å². The molecule has 0 aliphatic heterocycles. The van der Waals surface area contributed by atoms with Crippen molar-refractivity contribution >= 4 is 0 Å². The van der Waals surface area contributed by atoms with Gasteiger partial charge in [0.25, 0.3) is 0 Å². The van der Waals surface area contributed by atoms with Crippen molar-refractivity contribution in [2.45, 2.75) is 66.7 Å². The molecule has 3 aliphatic carbocycles. The van der Waals surface area contributed by atoms with Crippen molar-refractivity contribution in [1.29, 1.82) is 0 Å². The van der Waals surface area contributed by atoms with Gasteiger partial charge in [0.15, 0.2) is 0 Å². The van der Waals surface area contributed by atoms with E-state index < -0.39 is 0 Å². The standard InChI is InChI=1S/C15H28/c1-6-7-11(2)15-10-13(14(15,4)5)9-8-12(15)3/h11-13H,6-10H2,1-5H3. The maximum absolute atomic E-state index is 2.54. The van der Waals surface area contributed by atoms with E-state index in [9.17, 15) is 0 Å². The Bertz CT molecular complexity index is 240. The quantitative estimate of drug-likeness (QED) is 0.620. The lowest BCUT2D eigenvalue weighted by atomic mass is 9.33. The maximum Gasteiger partial charge on any atom is -0.0189 e. The van der Waals surface area contributed by atoms with Crippen LogP contribution < -0.4 is 0 Å². The van der Waals surface area contributed by atoms with E-state index in [-0.39, 0.29) is 0 Å². The molecule has 88 valence electrons. The lowest BCUT2D eigenvalue weighted by molar-refractivity contribution is -0.225. The Balaban J connectivity index is 2.24. The van der Waals surface area contributed by atoms with Crippen LogP contribution in [0.4, 0.5) is 0 Å². The molecule has 15 heavy (non-hydrogen) atoms. The van der Waals surface area contributed by atoms with Crippen LogP contribution in [0.15, 0.2) is 0 Å². The fourth-order valence-electron chi connectivity index (χ4n) is 5.20. The summed E-state index contributed by atoms with van der Waals surface area (Å²) in [5, 5.41) is 0. The van der Waals surface area contributed by atoms with E-state index in [1.165, 1.54) is 32.1 Å². The van der Waals surface area contributed by atoms with Crippen LogP contribution in [0.3, 0.4) is 0 Å². The second kappa shape index (κ2) is 3.50. The Morgan fingerprint density at radius 2 is 1.93 bits per heavy atom. The zero-order valence-corrected chi connectivity index (χ0v) is 11.3. The van der Waals surface area contributed by atoms with Gasteiger partial charge in [0.2, 0.25) is 0 Å². The second-order valence-corrected chi connectivity index (χ2v) is 6.83. The molecule has 0 N–H and O–H groups in total. The number of fused-ring (bicyclic) bond motifs is 2. The van der Waals surface area contributed by atoms with E-state index in [1.54, 1.807) is 0 Å². The van der Waals surface area contributed by atoms with Gasteiger partial charge in [-0.2, -0.15) is 0 Å². The van der Waals surface area contributed by atoms with Crippen LogP contribution in [0, 0.1) is 28.6 Å². The molecule has 4 unspecified atom stereocenters. The van der Waals surface area contributed by atoms with E-state index >= 15 is 0 Å². The average Bonchev–Trinajstić information content (AvgIpc) is 2.17. The molecule has 3 aliphatic rings. The highest BCUT2D eigenvalue weighted by molar-refractivity contribution is 5.14. The lowest BCUT2D eigenvalue weighted by Crippen LogP contribution is -2.64. The van der Waals surface area contributed by atoms with Gasteiger partial charge in [0, 0.05) is 0 Å². The Hall–Kier alpha value is 0. The molecule has 0 nitrogen and oxygen atoms in total. The molecule has 3 fully saturated rings. The number of hydrogen-bond donors (Lipinski definition) is 0. The summed E-state index contributed by atoms with van der Waals surface area (Å²) < 4.78 is 0. The van der Waals surface area contributed by atoms with Gasteiger partial charge in [-0.05, 0) is 47.8 Å². The molecule has 0 radical (unpaired) electrons. The third-order valence-electron chi connectivity index (χ3n) is 6.23. The Labute approximate surface area is 95.8 Å². The molecule has 3 rings (SSSR count). The van der Waals surface area contributed by atoms with Crippen molar-refractivity contribution in [3.05, 3.63) is 0 Å². The van der Waals surface area contributed by atoms with Crippen molar-refractivity contribution in [2.24, 2.45) is 28.6 Å². The molecule has 2 bridgehead atoms. The normalized spacial score (nSPS) is 44.6. The third kappa shape index (κ3) is 1.26. The summed E-state index contributed by atoms with van der Waals surface area (Å²) >= 11 is 0. The Kier molecular flexibility index (Phi) is 2.68. The zero-order valence-electron chi connectivity index (χ0n) is 11.3. The zero-order chi connectivity index (χ0) is 11.3. The monoisotopic (exact) mass is 208 g/mol. The molecule has 4 atom stereocenters. The van der Waals surface area contributed by atoms with Gasteiger partial charge in [0.1, 0.15) is 0 Å². The molecular weight excluding hydrogens is 180 g/mol. The van der Waals surface area contributed by atoms with Crippen LogP contribution >= 0.6 is 0 Å². The molecule has 0 aromatic carbocycles. The minimum atomic E-state index is 0.624. The van der Waals surface area contributed by atoms with E-state index in [2.05, 4.69) is 34.6 Å². The van der Waals surface area contributed by atoms with E-state index in [0.29, 0.717) is 10.8 Å². The molecule has 0 heteroatoms. The SMILES string of the molecule is CCCC(C)C12CC(CCC1C)C2(C)C. The van der Waals surface area contributed by atoms with E-state index in [1.807, 2.05) is 0 Å². The smallest absolute Gasteiger partial charge is 0.0189 e. The van der Waals surface area contributed by atoms with Crippen LogP contribution in [0.2, 0.25) is 0 Å². The third-order valence-corrected chi connectivity index (χ3v) is 6.23. The first-order chi connectivity index (χ1) is 6.96. The van der Waals surface area contributed by atoms with E-state index in [4.69, 9.17) is 0 Å². The van der Waals surface area contributed by atoms with Crippen molar-refractivity contribution in [2.75, 3.05) is 0 Å². The highest BCUT2D eigenvalue weighted by Gasteiger charge is 2.65. The molecule has 0 aromatic rings. The minimum absolute atomic E-state index is 0.624.